The molecule has 0 radical (unpaired) electrons. The van der Waals surface area contributed by atoms with Crippen molar-refractivity contribution in [2.24, 2.45) is 0 Å². The smallest absolute Gasteiger partial charge is 0.227 e. The van der Waals surface area contributed by atoms with Crippen LogP contribution in [0.25, 0.3) is 0 Å². The zero-order chi connectivity index (χ0) is 14.5. The molecule has 2 nitrogen and oxygen atoms in total. The van der Waals surface area contributed by atoms with Gasteiger partial charge < -0.3 is 4.90 Å². The fourth-order valence-electron chi connectivity index (χ4n) is 3.47. The molecule has 21 heavy (non-hydrogen) atoms. The lowest BCUT2D eigenvalue weighted by atomic mass is 10.0. The van der Waals surface area contributed by atoms with Crippen LogP contribution in [0.15, 0.2) is 24.3 Å². The highest BCUT2D eigenvalue weighted by Gasteiger charge is 2.22. The molecule has 0 N–H and O–H groups in total. The summed E-state index contributed by atoms with van der Waals surface area (Å²) in [5.74, 6) is 1.30. The van der Waals surface area contributed by atoms with E-state index >= 15 is 0 Å². The summed E-state index contributed by atoms with van der Waals surface area (Å²) in [5.41, 5.74) is 2.48. The summed E-state index contributed by atoms with van der Waals surface area (Å²) in [5, 5.41) is 0.806. The molecule has 0 unspecified atom stereocenters. The fraction of sp³-hybridized carbons (Fsp3) is 0.611. The number of carbonyl (C=O) groups is 1. The summed E-state index contributed by atoms with van der Waals surface area (Å²) >= 11 is 2.02. The van der Waals surface area contributed by atoms with Gasteiger partial charge in [0.05, 0.1) is 0 Å². The SMILES string of the molecule is O=C(CCSC1CCCCC1)N1CCCc2ccccc21. The Hall–Kier alpha value is -0.960. The summed E-state index contributed by atoms with van der Waals surface area (Å²) in [6.07, 6.45) is 9.76. The Labute approximate surface area is 132 Å². The van der Waals surface area contributed by atoms with E-state index in [0.717, 1.165) is 36.1 Å². The average molecular weight is 303 g/mol. The molecule has 1 aromatic carbocycles. The number of benzene rings is 1. The van der Waals surface area contributed by atoms with Crippen molar-refractivity contribution in [1.29, 1.82) is 0 Å². The number of amides is 1. The van der Waals surface area contributed by atoms with Crippen molar-refractivity contribution in [2.45, 2.75) is 56.6 Å². The van der Waals surface area contributed by atoms with E-state index in [9.17, 15) is 4.79 Å². The third-order valence-corrected chi connectivity index (χ3v) is 6.02. The normalized spacial score (nSPS) is 19.3. The monoisotopic (exact) mass is 303 g/mol. The standard InChI is InChI=1S/C18H25NOS/c20-18(12-14-21-16-9-2-1-3-10-16)19-13-6-8-15-7-4-5-11-17(15)19/h4-5,7,11,16H,1-3,6,8-10,12-14H2. The van der Waals surface area contributed by atoms with Gasteiger partial charge in [-0.2, -0.15) is 11.8 Å². The average Bonchev–Trinajstić information content (AvgIpc) is 2.55. The number of para-hydroxylation sites is 1. The van der Waals surface area contributed by atoms with E-state index in [1.165, 1.54) is 37.7 Å². The predicted octanol–water partition coefficient (Wildman–Crippen LogP) is 4.42. The zero-order valence-electron chi connectivity index (χ0n) is 12.7. The molecule has 1 amide bonds. The van der Waals surface area contributed by atoms with E-state index < -0.39 is 0 Å². The summed E-state index contributed by atoms with van der Waals surface area (Å²) in [6, 6.07) is 8.37. The molecule has 1 aliphatic heterocycles. The molecular weight excluding hydrogens is 278 g/mol. The van der Waals surface area contributed by atoms with Gasteiger partial charge in [0, 0.05) is 29.7 Å². The van der Waals surface area contributed by atoms with Crippen LogP contribution in [0.3, 0.4) is 0 Å². The quantitative estimate of drug-likeness (QED) is 0.820. The molecule has 2 aliphatic rings. The summed E-state index contributed by atoms with van der Waals surface area (Å²) in [4.78, 5) is 14.5. The highest BCUT2D eigenvalue weighted by molar-refractivity contribution is 7.99. The lowest BCUT2D eigenvalue weighted by Crippen LogP contribution is -2.35. The van der Waals surface area contributed by atoms with Gasteiger partial charge >= 0.3 is 0 Å². The van der Waals surface area contributed by atoms with Crippen molar-refractivity contribution in [3.63, 3.8) is 0 Å². The zero-order valence-corrected chi connectivity index (χ0v) is 13.5. The fourth-order valence-corrected chi connectivity index (χ4v) is 4.76. The number of thioether (sulfide) groups is 1. The molecule has 1 saturated carbocycles. The number of rotatable bonds is 4. The third-order valence-electron chi connectivity index (χ3n) is 4.63. The molecule has 0 aromatic heterocycles. The number of nitrogens with zero attached hydrogens (tertiary/aromatic N) is 1. The van der Waals surface area contributed by atoms with Gasteiger partial charge in [0.2, 0.25) is 5.91 Å². The number of fused-ring (bicyclic) bond motifs is 1. The maximum absolute atomic E-state index is 12.5. The largest absolute Gasteiger partial charge is 0.312 e. The predicted molar refractivity (Wildman–Crippen MR) is 91.1 cm³/mol. The number of anilines is 1. The van der Waals surface area contributed by atoms with Gasteiger partial charge in [-0.15, -0.1) is 0 Å². The number of carbonyl (C=O) groups excluding carboxylic acids is 1. The second kappa shape index (κ2) is 7.35. The van der Waals surface area contributed by atoms with Gasteiger partial charge in [-0.05, 0) is 37.3 Å². The number of aryl methyl sites for hydroxylation is 1. The number of hydrogen-bond donors (Lipinski definition) is 0. The Balaban J connectivity index is 1.51. The van der Waals surface area contributed by atoms with Crippen molar-refractivity contribution in [2.75, 3.05) is 17.2 Å². The van der Waals surface area contributed by atoms with Crippen LogP contribution in [-0.2, 0) is 11.2 Å². The van der Waals surface area contributed by atoms with Crippen molar-refractivity contribution in [3.05, 3.63) is 29.8 Å². The lowest BCUT2D eigenvalue weighted by molar-refractivity contribution is -0.118. The first-order valence-corrected chi connectivity index (χ1v) is 9.39. The van der Waals surface area contributed by atoms with Crippen LogP contribution in [0.1, 0.15) is 50.5 Å². The number of hydrogen-bond acceptors (Lipinski definition) is 2. The minimum atomic E-state index is 0.311. The Morgan fingerprint density at radius 2 is 1.95 bits per heavy atom. The molecule has 114 valence electrons. The molecule has 0 bridgehead atoms. The van der Waals surface area contributed by atoms with Crippen LogP contribution >= 0.6 is 11.8 Å². The van der Waals surface area contributed by atoms with Crippen LogP contribution in [0.5, 0.6) is 0 Å². The van der Waals surface area contributed by atoms with Gasteiger partial charge in [0.25, 0.3) is 0 Å². The van der Waals surface area contributed by atoms with Gasteiger partial charge in [-0.25, -0.2) is 0 Å². The molecule has 0 saturated heterocycles. The van der Waals surface area contributed by atoms with Crippen LogP contribution in [0, 0.1) is 0 Å². The van der Waals surface area contributed by atoms with Gasteiger partial charge in [0.15, 0.2) is 0 Å². The van der Waals surface area contributed by atoms with Gasteiger partial charge in [-0.1, -0.05) is 37.5 Å². The Bertz CT molecular complexity index is 482. The minimum Gasteiger partial charge on any atom is -0.312 e. The molecule has 1 aromatic rings. The first-order chi connectivity index (χ1) is 10.3. The third kappa shape index (κ3) is 3.82. The summed E-state index contributed by atoms with van der Waals surface area (Å²) < 4.78 is 0. The summed E-state index contributed by atoms with van der Waals surface area (Å²) in [6.45, 7) is 0.893. The molecule has 1 aliphatic carbocycles. The maximum Gasteiger partial charge on any atom is 0.227 e. The second-order valence-corrected chi connectivity index (χ2v) is 7.57. The first-order valence-electron chi connectivity index (χ1n) is 8.34. The van der Waals surface area contributed by atoms with Crippen molar-refractivity contribution in [3.8, 4) is 0 Å². The second-order valence-electron chi connectivity index (χ2n) is 6.16. The topological polar surface area (TPSA) is 20.3 Å². The van der Waals surface area contributed by atoms with Crippen LogP contribution in [0.2, 0.25) is 0 Å². The highest BCUT2D eigenvalue weighted by atomic mass is 32.2. The van der Waals surface area contributed by atoms with E-state index in [0.29, 0.717) is 12.3 Å². The van der Waals surface area contributed by atoms with Crippen LogP contribution in [0.4, 0.5) is 5.69 Å². The Morgan fingerprint density at radius 1 is 1.14 bits per heavy atom. The van der Waals surface area contributed by atoms with Crippen molar-refractivity contribution >= 4 is 23.4 Å². The minimum absolute atomic E-state index is 0.311. The van der Waals surface area contributed by atoms with Crippen LogP contribution in [-0.4, -0.2) is 23.5 Å². The molecule has 1 fully saturated rings. The van der Waals surface area contributed by atoms with E-state index in [1.807, 2.05) is 22.7 Å². The first kappa shape index (κ1) is 15.0. The molecular formula is C18H25NOS. The maximum atomic E-state index is 12.5. The van der Waals surface area contributed by atoms with Gasteiger partial charge in [0.1, 0.15) is 0 Å². The Kier molecular flexibility index (Phi) is 5.23. The van der Waals surface area contributed by atoms with Crippen molar-refractivity contribution in [1.82, 2.24) is 0 Å². The Morgan fingerprint density at radius 3 is 2.81 bits per heavy atom. The summed E-state index contributed by atoms with van der Waals surface area (Å²) in [7, 11) is 0. The molecule has 0 spiro atoms. The van der Waals surface area contributed by atoms with E-state index in [-0.39, 0.29) is 0 Å². The van der Waals surface area contributed by atoms with E-state index in [1.54, 1.807) is 0 Å². The molecule has 3 rings (SSSR count). The molecule has 3 heteroatoms. The molecule has 1 heterocycles. The lowest BCUT2D eigenvalue weighted by Gasteiger charge is -2.29. The van der Waals surface area contributed by atoms with E-state index in [2.05, 4.69) is 18.2 Å². The van der Waals surface area contributed by atoms with Crippen LogP contribution < -0.4 is 4.90 Å². The van der Waals surface area contributed by atoms with E-state index in [4.69, 9.17) is 0 Å². The molecule has 0 atom stereocenters. The highest BCUT2D eigenvalue weighted by Crippen LogP contribution is 2.30. The van der Waals surface area contributed by atoms with Gasteiger partial charge in [-0.3, -0.25) is 4.79 Å². The van der Waals surface area contributed by atoms with Crippen molar-refractivity contribution < 1.29 is 4.79 Å².